The second-order valence-electron chi connectivity index (χ2n) is 6.57. The monoisotopic (exact) mass is 397 g/mol. The SMILES string of the molecule is CCn1c(CCNC(=O)Cc2cc(OC)c(OC)c(OC)c2)nc2ccccc21. The van der Waals surface area contributed by atoms with Gasteiger partial charge in [0.25, 0.3) is 0 Å². The predicted octanol–water partition coefficient (Wildman–Crippen LogP) is 2.98. The molecule has 0 radical (unpaired) electrons. The Kier molecular flexibility index (Phi) is 6.59. The molecule has 0 atom stereocenters. The molecule has 7 nitrogen and oxygen atoms in total. The fourth-order valence-electron chi connectivity index (χ4n) is 3.47. The van der Waals surface area contributed by atoms with Crippen molar-refractivity contribution in [3.05, 3.63) is 47.8 Å². The van der Waals surface area contributed by atoms with Crippen LogP contribution in [0.4, 0.5) is 0 Å². The molecule has 0 aliphatic rings. The van der Waals surface area contributed by atoms with E-state index in [1.165, 1.54) is 0 Å². The number of para-hydroxylation sites is 2. The van der Waals surface area contributed by atoms with Crippen LogP contribution in [0, 0.1) is 0 Å². The number of ether oxygens (including phenoxy) is 3. The van der Waals surface area contributed by atoms with E-state index in [9.17, 15) is 4.79 Å². The summed E-state index contributed by atoms with van der Waals surface area (Å²) < 4.78 is 18.2. The number of rotatable bonds is 9. The van der Waals surface area contributed by atoms with Crippen LogP contribution in [-0.2, 0) is 24.2 Å². The fraction of sp³-hybridized carbons (Fsp3) is 0.364. The van der Waals surface area contributed by atoms with Crippen molar-refractivity contribution in [1.82, 2.24) is 14.9 Å². The number of hydrogen-bond donors (Lipinski definition) is 1. The zero-order chi connectivity index (χ0) is 20.8. The van der Waals surface area contributed by atoms with E-state index in [1.807, 2.05) is 18.2 Å². The number of nitrogens with zero attached hydrogens (tertiary/aromatic N) is 2. The van der Waals surface area contributed by atoms with Crippen molar-refractivity contribution >= 4 is 16.9 Å². The third-order valence-corrected chi connectivity index (χ3v) is 4.81. The zero-order valence-electron chi connectivity index (χ0n) is 17.3. The molecule has 0 saturated carbocycles. The number of carbonyl (C=O) groups excluding carboxylic acids is 1. The Hall–Kier alpha value is -3.22. The first-order valence-corrected chi connectivity index (χ1v) is 9.61. The average Bonchev–Trinajstić information content (AvgIpc) is 3.10. The van der Waals surface area contributed by atoms with Crippen LogP contribution < -0.4 is 19.5 Å². The quantitative estimate of drug-likeness (QED) is 0.601. The molecule has 0 spiro atoms. The molecule has 0 unspecified atom stereocenters. The minimum Gasteiger partial charge on any atom is -0.493 e. The van der Waals surface area contributed by atoms with E-state index in [-0.39, 0.29) is 12.3 Å². The maximum absolute atomic E-state index is 12.4. The Morgan fingerprint density at radius 1 is 1.07 bits per heavy atom. The molecule has 2 aromatic carbocycles. The summed E-state index contributed by atoms with van der Waals surface area (Å²) in [5.74, 6) is 2.48. The first-order valence-electron chi connectivity index (χ1n) is 9.61. The number of hydrogen-bond acceptors (Lipinski definition) is 5. The molecule has 0 fully saturated rings. The lowest BCUT2D eigenvalue weighted by molar-refractivity contribution is -0.120. The normalized spacial score (nSPS) is 10.8. The molecular weight excluding hydrogens is 370 g/mol. The average molecular weight is 397 g/mol. The lowest BCUT2D eigenvalue weighted by atomic mass is 10.1. The summed E-state index contributed by atoms with van der Waals surface area (Å²) in [5.41, 5.74) is 2.89. The van der Waals surface area contributed by atoms with Crippen molar-refractivity contribution < 1.29 is 19.0 Å². The summed E-state index contributed by atoms with van der Waals surface area (Å²) in [6.45, 7) is 3.46. The van der Waals surface area contributed by atoms with Crippen molar-refractivity contribution in [3.8, 4) is 17.2 Å². The topological polar surface area (TPSA) is 74.6 Å². The Balaban J connectivity index is 1.64. The van der Waals surface area contributed by atoms with Crippen LogP contribution in [0.15, 0.2) is 36.4 Å². The molecule has 29 heavy (non-hydrogen) atoms. The minimum atomic E-state index is -0.0709. The number of carbonyl (C=O) groups is 1. The van der Waals surface area contributed by atoms with E-state index >= 15 is 0 Å². The lowest BCUT2D eigenvalue weighted by Crippen LogP contribution is -2.28. The Bertz CT molecular complexity index is 972. The largest absolute Gasteiger partial charge is 0.493 e. The van der Waals surface area contributed by atoms with Gasteiger partial charge in [-0.1, -0.05) is 12.1 Å². The van der Waals surface area contributed by atoms with Crippen LogP contribution in [0.1, 0.15) is 18.3 Å². The number of aryl methyl sites for hydroxylation is 1. The predicted molar refractivity (Wildman–Crippen MR) is 112 cm³/mol. The highest BCUT2D eigenvalue weighted by Crippen LogP contribution is 2.38. The van der Waals surface area contributed by atoms with Crippen LogP contribution in [0.2, 0.25) is 0 Å². The van der Waals surface area contributed by atoms with Gasteiger partial charge in [0.1, 0.15) is 5.82 Å². The summed E-state index contributed by atoms with van der Waals surface area (Å²) in [6.07, 6.45) is 0.893. The standard InChI is InChI=1S/C22H27N3O4/c1-5-25-17-9-7-6-8-16(17)24-20(25)10-11-23-21(26)14-15-12-18(27-2)22(29-4)19(13-15)28-3/h6-9,12-13H,5,10-11,14H2,1-4H3,(H,23,26). The second kappa shape index (κ2) is 9.32. The van der Waals surface area contributed by atoms with Crippen LogP contribution in [0.3, 0.4) is 0 Å². The first kappa shape index (κ1) is 20.5. The van der Waals surface area contributed by atoms with E-state index in [2.05, 4.69) is 22.9 Å². The number of aromatic nitrogens is 2. The molecule has 1 heterocycles. The van der Waals surface area contributed by atoms with Crippen molar-refractivity contribution in [2.45, 2.75) is 26.3 Å². The summed E-state index contributed by atoms with van der Waals surface area (Å²) in [6, 6.07) is 11.7. The molecular formula is C22H27N3O4. The van der Waals surface area contributed by atoms with Crippen molar-refractivity contribution in [2.75, 3.05) is 27.9 Å². The molecule has 0 aliphatic carbocycles. The van der Waals surface area contributed by atoms with Gasteiger partial charge in [0.05, 0.1) is 38.8 Å². The van der Waals surface area contributed by atoms with Gasteiger partial charge in [-0.25, -0.2) is 4.98 Å². The molecule has 1 aromatic heterocycles. The highest BCUT2D eigenvalue weighted by Gasteiger charge is 2.15. The van der Waals surface area contributed by atoms with E-state index in [0.717, 1.165) is 29.0 Å². The molecule has 0 saturated heterocycles. The Morgan fingerprint density at radius 3 is 2.38 bits per heavy atom. The van der Waals surface area contributed by atoms with E-state index in [4.69, 9.17) is 19.2 Å². The molecule has 3 rings (SSSR count). The van der Waals surface area contributed by atoms with E-state index < -0.39 is 0 Å². The highest BCUT2D eigenvalue weighted by molar-refractivity contribution is 5.79. The summed E-state index contributed by atoms with van der Waals surface area (Å²) >= 11 is 0. The summed E-state index contributed by atoms with van der Waals surface area (Å²) in [7, 11) is 4.66. The maximum Gasteiger partial charge on any atom is 0.224 e. The van der Waals surface area contributed by atoms with Gasteiger partial charge in [-0.15, -0.1) is 0 Å². The van der Waals surface area contributed by atoms with Crippen molar-refractivity contribution in [1.29, 1.82) is 0 Å². The molecule has 0 aliphatic heterocycles. The van der Waals surface area contributed by atoms with Gasteiger partial charge in [-0.05, 0) is 36.8 Å². The smallest absolute Gasteiger partial charge is 0.224 e. The van der Waals surface area contributed by atoms with Crippen molar-refractivity contribution in [2.24, 2.45) is 0 Å². The number of methoxy groups -OCH3 is 3. The third kappa shape index (κ3) is 4.45. The van der Waals surface area contributed by atoms with Gasteiger partial charge in [-0.2, -0.15) is 0 Å². The van der Waals surface area contributed by atoms with Gasteiger partial charge >= 0.3 is 0 Å². The van der Waals surface area contributed by atoms with E-state index in [1.54, 1.807) is 33.5 Å². The van der Waals surface area contributed by atoms with Gasteiger partial charge in [0, 0.05) is 19.5 Å². The van der Waals surface area contributed by atoms with E-state index in [0.29, 0.717) is 30.2 Å². The number of nitrogens with one attached hydrogen (secondary N) is 1. The van der Waals surface area contributed by atoms with Crippen LogP contribution in [0.5, 0.6) is 17.2 Å². The van der Waals surface area contributed by atoms with Crippen LogP contribution in [-0.4, -0.2) is 43.3 Å². The third-order valence-electron chi connectivity index (χ3n) is 4.81. The Labute approximate surface area is 170 Å². The number of imidazole rings is 1. The highest BCUT2D eigenvalue weighted by atomic mass is 16.5. The number of benzene rings is 2. The zero-order valence-corrected chi connectivity index (χ0v) is 17.3. The number of amides is 1. The molecule has 154 valence electrons. The lowest BCUT2D eigenvalue weighted by Gasteiger charge is -2.14. The number of fused-ring (bicyclic) bond motifs is 1. The molecule has 7 heteroatoms. The molecule has 1 amide bonds. The molecule has 1 N–H and O–H groups in total. The summed E-state index contributed by atoms with van der Waals surface area (Å²) in [5, 5.41) is 2.97. The summed E-state index contributed by atoms with van der Waals surface area (Å²) in [4.78, 5) is 17.1. The van der Waals surface area contributed by atoms with Gasteiger partial charge in [0.15, 0.2) is 11.5 Å². The fourth-order valence-corrected chi connectivity index (χ4v) is 3.47. The van der Waals surface area contributed by atoms with Gasteiger partial charge in [-0.3, -0.25) is 4.79 Å². The van der Waals surface area contributed by atoms with Crippen molar-refractivity contribution in [3.63, 3.8) is 0 Å². The minimum absolute atomic E-state index is 0.0709. The molecule has 0 bridgehead atoms. The molecule has 3 aromatic rings. The Morgan fingerprint density at radius 2 is 1.76 bits per heavy atom. The van der Waals surface area contributed by atoms with Gasteiger partial charge in [0.2, 0.25) is 11.7 Å². The van der Waals surface area contributed by atoms with Crippen LogP contribution >= 0.6 is 0 Å². The first-order chi connectivity index (χ1) is 14.1. The second-order valence-corrected chi connectivity index (χ2v) is 6.57. The van der Waals surface area contributed by atoms with Gasteiger partial charge < -0.3 is 24.1 Å². The van der Waals surface area contributed by atoms with Crippen LogP contribution in [0.25, 0.3) is 11.0 Å². The maximum atomic E-state index is 12.4.